The van der Waals surface area contributed by atoms with Crippen molar-refractivity contribution in [2.45, 2.75) is 25.0 Å². The summed E-state index contributed by atoms with van der Waals surface area (Å²) in [7, 11) is -5.28. The van der Waals surface area contributed by atoms with Gasteiger partial charge in [0.1, 0.15) is 0 Å². The highest BCUT2D eigenvalue weighted by molar-refractivity contribution is 7.89. The third-order valence-corrected chi connectivity index (χ3v) is 4.86. The average molecular weight is 329 g/mol. The minimum absolute atomic E-state index is 0.165. The Labute approximate surface area is 119 Å². The molecule has 0 saturated carbocycles. The Morgan fingerprint density at radius 2 is 2.00 bits per heavy atom. The van der Waals surface area contributed by atoms with Gasteiger partial charge in [-0.05, 0) is 34.9 Å². The Bertz CT molecular complexity index is 604. The summed E-state index contributed by atoms with van der Waals surface area (Å²) >= 11 is 5.38. The lowest BCUT2D eigenvalue weighted by molar-refractivity contribution is -0.0492. The maximum Gasteiger partial charge on any atom is 0.511 e. The number of alkyl halides is 3. The van der Waals surface area contributed by atoms with Gasteiger partial charge >= 0.3 is 15.5 Å². The number of halogens is 4. The van der Waals surface area contributed by atoms with Crippen molar-refractivity contribution in [3.05, 3.63) is 34.9 Å². The van der Waals surface area contributed by atoms with E-state index in [1.54, 1.807) is 12.1 Å². The van der Waals surface area contributed by atoms with E-state index in [1.807, 2.05) is 6.07 Å². The van der Waals surface area contributed by atoms with Crippen LogP contribution in [0, 0.1) is 0 Å². The van der Waals surface area contributed by atoms with Gasteiger partial charge in [0.25, 0.3) is 0 Å². The van der Waals surface area contributed by atoms with Crippen LogP contribution in [-0.4, -0.2) is 24.8 Å². The fourth-order valence-corrected chi connectivity index (χ4v) is 3.21. The second-order valence-electron chi connectivity index (χ2n) is 4.45. The first-order valence-corrected chi connectivity index (χ1v) is 7.58. The summed E-state index contributed by atoms with van der Waals surface area (Å²) in [6.07, 6.45) is 0.263. The zero-order chi connectivity index (χ0) is 15.0. The van der Waals surface area contributed by atoms with Crippen molar-refractivity contribution < 1.29 is 21.6 Å². The molecule has 0 unspecified atom stereocenters. The highest BCUT2D eigenvalue weighted by atomic mass is 35.5. The number of nitrogens with zero attached hydrogens (tertiary/aromatic N) is 1. The van der Waals surface area contributed by atoms with Crippen LogP contribution >= 0.6 is 11.8 Å². The number of hydrogen-bond donors (Lipinski definition) is 1. The molecule has 0 spiro atoms. The zero-order valence-electron chi connectivity index (χ0n) is 10.2. The lowest BCUT2D eigenvalue weighted by Crippen LogP contribution is -2.43. The normalized spacial score (nSPS) is 17.0. The molecule has 1 heterocycles. The second kappa shape index (κ2) is 5.51. The molecular weight excluding hydrogens is 317 g/mol. The number of sulfonamides is 1. The Hall–Kier alpha value is -0.830. The smallest absolute Gasteiger partial charge is 0.229 e. The third kappa shape index (κ3) is 2.93. The van der Waals surface area contributed by atoms with Gasteiger partial charge in [-0.3, -0.25) is 0 Å². The molecule has 0 fully saturated rings. The van der Waals surface area contributed by atoms with Crippen molar-refractivity contribution in [3.63, 3.8) is 0 Å². The quantitative estimate of drug-likeness (QED) is 0.865. The van der Waals surface area contributed by atoms with Gasteiger partial charge in [0, 0.05) is 19.6 Å². The van der Waals surface area contributed by atoms with Gasteiger partial charge in [-0.2, -0.15) is 17.5 Å². The van der Waals surface area contributed by atoms with Gasteiger partial charge in [0.15, 0.2) is 0 Å². The van der Waals surface area contributed by atoms with Gasteiger partial charge in [0.2, 0.25) is 0 Å². The molecule has 0 saturated heterocycles. The highest BCUT2D eigenvalue weighted by Gasteiger charge is 2.50. The summed E-state index contributed by atoms with van der Waals surface area (Å²) in [5.41, 5.74) is -3.05. The topological polar surface area (TPSA) is 49.4 Å². The van der Waals surface area contributed by atoms with Gasteiger partial charge in [-0.15, -0.1) is 0 Å². The van der Waals surface area contributed by atoms with Crippen LogP contribution in [0.5, 0.6) is 0 Å². The van der Waals surface area contributed by atoms with E-state index < -0.39 is 15.5 Å². The molecule has 0 bridgehead atoms. The number of rotatable bonds is 3. The molecule has 2 rings (SSSR count). The van der Waals surface area contributed by atoms with Crippen LogP contribution < -0.4 is 4.84 Å². The Balaban J connectivity index is 2.28. The van der Waals surface area contributed by atoms with E-state index in [2.05, 4.69) is 4.84 Å². The molecule has 1 N–H and O–H groups in total. The summed E-state index contributed by atoms with van der Waals surface area (Å²) in [6.45, 7) is -0.0872. The molecule has 112 valence electrons. The molecule has 1 aromatic rings. The van der Waals surface area contributed by atoms with Crippen LogP contribution in [0.2, 0.25) is 0 Å². The van der Waals surface area contributed by atoms with Crippen molar-refractivity contribution in [1.29, 1.82) is 0 Å². The monoisotopic (exact) mass is 328 g/mol. The van der Waals surface area contributed by atoms with Crippen molar-refractivity contribution in [2.24, 2.45) is 0 Å². The van der Waals surface area contributed by atoms with Gasteiger partial charge in [0.05, 0.1) is 0 Å². The fourth-order valence-electron chi connectivity index (χ4n) is 2.12. The summed E-state index contributed by atoms with van der Waals surface area (Å²) < 4.78 is 60.9. The van der Waals surface area contributed by atoms with E-state index in [-0.39, 0.29) is 19.5 Å². The zero-order valence-corrected chi connectivity index (χ0v) is 11.8. The van der Waals surface area contributed by atoms with Crippen molar-refractivity contribution in [1.82, 2.24) is 9.14 Å². The maximum absolute atomic E-state index is 12.5. The predicted molar refractivity (Wildman–Crippen MR) is 68.2 cm³/mol. The number of fused-ring (bicyclic) bond motifs is 1. The van der Waals surface area contributed by atoms with Crippen LogP contribution in [0.1, 0.15) is 16.7 Å². The van der Waals surface area contributed by atoms with Gasteiger partial charge in [-0.25, -0.2) is 13.3 Å². The molecule has 4 nitrogen and oxygen atoms in total. The van der Waals surface area contributed by atoms with Crippen LogP contribution in [0.25, 0.3) is 0 Å². The minimum atomic E-state index is -5.28. The molecule has 0 aliphatic carbocycles. The lowest BCUT2D eigenvalue weighted by Gasteiger charge is -2.28. The van der Waals surface area contributed by atoms with Crippen molar-refractivity contribution in [3.8, 4) is 0 Å². The van der Waals surface area contributed by atoms with Crippen LogP contribution in [0.15, 0.2) is 18.2 Å². The van der Waals surface area contributed by atoms with Crippen LogP contribution in [0.4, 0.5) is 13.2 Å². The van der Waals surface area contributed by atoms with Crippen LogP contribution in [0.3, 0.4) is 0 Å². The maximum atomic E-state index is 12.5. The molecule has 1 aliphatic rings. The Kier molecular flexibility index (Phi) is 4.29. The van der Waals surface area contributed by atoms with Crippen molar-refractivity contribution >= 4 is 21.8 Å². The van der Waals surface area contributed by atoms with Crippen molar-refractivity contribution in [2.75, 3.05) is 6.54 Å². The fraction of sp³-hybridized carbons (Fsp3) is 0.455. The van der Waals surface area contributed by atoms with E-state index >= 15 is 0 Å². The molecule has 20 heavy (non-hydrogen) atoms. The van der Waals surface area contributed by atoms with Gasteiger partial charge in [-0.1, -0.05) is 18.2 Å². The molecule has 9 heteroatoms. The summed E-state index contributed by atoms with van der Waals surface area (Å²) in [6, 6.07) is 5.27. The largest absolute Gasteiger partial charge is 0.511 e. The number of benzene rings is 1. The summed E-state index contributed by atoms with van der Waals surface area (Å²) in [5.74, 6) is 0. The third-order valence-electron chi connectivity index (χ3n) is 3.15. The lowest BCUT2D eigenvalue weighted by atomic mass is 9.99. The number of hydrogen-bond acceptors (Lipinski definition) is 3. The Morgan fingerprint density at radius 3 is 2.60 bits per heavy atom. The summed E-state index contributed by atoms with van der Waals surface area (Å²) in [5, 5.41) is 0. The Morgan fingerprint density at radius 1 is 1.30 bits per heavy atom. The van der Waals surface area contributed by atoms with E-state index in [0.717, 1.165) is 11.1 Å². The summed E-state index contributed by atoms with van der Waals surface area (Å²) in [4.78, 5) is 2.42. The van der Waals surface area contributed by atoms with Crippen LogP contribution in [-0.2, 0) is 29.5 Å². The van der Waals surface area contributed by atoms with E-state index in [9.17, 15) is 21.6 Å². The molecule has 0 radical (unpaired) electrons. The highest BCUT2D eigenvalue weighted by Crippen LogP contribution is 2.31. The standard InChI is InChI=1S/C11H12ClF3N2O2S/c12-16-6-8-1-2-9-3-4-17(7-10(9)5-8)20(18,19)11(13,14)15/h1-2,5,16H,3-4,6-7H2. The second-order valence-corrected chi connectivity index (χ2v) is 6.64. The predicted octanol–water partition coefficient (Wildman–Crippen LogP) is 2.14. The number of nitrogens with one attached hydrogen (secondary N) is 1. The molecule has 0 atom stereocenters. The molecule has 1 aliphatic heterocycles. The average Bonchev–Trinajstić information content (AvgIpc) is 2.37. The SMILES string of the molecule is O=S(=O)(N1CCc2ccc(CNCl)cc2C1)C(F)(F)F. The first kappa shape index (κ1) is 15.6. The van der Waals surface area contributed by atoms with E-state index in [4.69, 9.17) is 11.8 Å². The first-order valence-electron chi connectivity index (χ1n) is 5.76. The molecule has 0 amide bonds. The molecule has 1 aromatic carbocycles. The first-order chi connectivity index (χ1) is 9.25. The van der Waals surface area contributed by atoms with E-state index in [0.29, 0.717) is 16.4 Å². The molecular formula is C11H12ClF3N2O2S. The van der Waals surface area contributed by atoms with Gasteiger partial charge < -0.3 is 0 Å². The molecule has 0 aromatic heterocycles. The minimum Gasteiger partial charge on any atom is -0.229 e. The van der Waals surface area contributed by atoms with E-state index in [1.165, 1.54) is 0 Å².